The monoisotopic (exact) mass is 118 g/mol. The summed E-state index contributed by atoms with van der Waals surface area (Å²) in [7, 11) is 0. The first-order valence-electron chi connectivity index (χ1n) is 2.03. The molecular weight excluding hydrogens is 112 g/mol. The summed E-state index contributed by atoms with van der Waals surface area (Å²) in [5, 5.41) is 5.32. The van der Waals surface area contributed by atoms with Crippen molar-refractivity contribution >= 4 is 12.1 Å². The van der Waals surface area contributed by atoms with Crippen molar-refractivity contribution in [2.24, 2.45) is 9.74 Å². The van der Waals surface area contributed by atoms with E-state index in [1.165, 1.54) is 12.1 Å². The van der Waals surface area contributed by atoms with Crippen molar-refractivity contribution in [2.45, 2.75) is 6.92 Å². The summed E-state index contributed by atoms with van der Waals surface area (Å²) in [6, 6.07) is 0. The molecule has 4 nitrogen and oxygen atoms in total. The van der Waals surface area contributed by atoms with Crippen LogP contribution in [0.15, 0.2) is 9.74 Å². The van der Waals surface area contributed by atoms with Crippen LogP contribution in [0.4, 0.5) is 0 Å². The van der Waals surface area contributed by atoms with Crippen LogP contribution >= 0.6 is 12.1 Å². The van der Waals surface area contributed by atoms with Crippen molar-refractivity contribution in [3.63, 3.8) is 0 Å². The van der Waals surface area contributed by atoms with Gasteiger partial charge in [-0.1, -0.05) is 4.52 Å². The van der Waals surface area contributed by atoms with Gasteiger partial charge in [0.2, 0.25) is 0 Å². The summed E-state index contributed by atoms with van der Waals surface area (Å²) >= 11 is 1.24. The normalized spacial score (nSPS) is 18.7. The molecule has 0 radical (unpaired) electrons. The number of nitrogens with zero attached hydrogens (tertiary/aromatic N) is 3. The van der Waals surface area contributed by atoms with Crippen LogP contribution in [-0.2, 0) is 0 Å². The van der Waals surface area contributed by atoms with Gasteiger partial charge in [-0.2, -0.15) is 5.12 Å². The van der Waals surface area contributed by atoms with E-state index in [1.807, 2.05) is 6.92 Å². The van der Waals surface area contributed by atoms with Crippen molar-refractivity contribution in [3.8, 4) is 0 Å². The highest BCUT2D eigenvalue weighted by Gasteiger charge is 2.00. The first-order chi connectivity index (χ1) is 3.43. The first-order valence-corrected chi connectivity index (χ1v) is 2.81. The zero-order valence-electron chi connectivity index (χ0n) is 3.96. The molecule has 1 heterocycles. The average Bonchev–Trinajstić information content (AvgIpc) is 2.14. The Balaban J connectivity index is 2.28. The molecule has 0 aromatic heterocycles. The Labute approximate surface area is 46.2 Å². The summed E-state index contributed by atoms with van der Waals surface area (Å²) < 4.78 is 3.59. The topological polar surface area (TPSA) is 40.0 Å². The van der Waals surface area contributed by atoms with Crippen LogP contribution < -0.4 is 4.83 Å². The summed E-state index contributed by atoms with van der Waals surface area (Å²) in [5.41, 5.74) is 0. The number of nitrogens with one attached hydrogen (secondary N) is 1. The van der Waals surface area contributed by atoms with E-state index in [-0.39, 0.29) is 0 Å². The molecule has 0 bridgehead atoms. The molecule has 0 saturated carbocycles. The predicted molar refractivity (Wildman–Crippen MR) is 28.0 cm³/mol. The molecule has 0 unspecified atom stereocenters. The second-order valence-corrected chi connectivity index (χ2v) is 1.60. The third-order valence-corrected chi connectivity index (χ3v) is 1.08. The molecule has 5 heteroatoms. The molecule has 0 aromatic rings. The minimum atomic E-state index is 0.858. The van der Waals surface area contributed by atoms with E-state index >= 15 is 0 Å². The molecule has 1 rings (SSSR count). The molecule has 0 aliphatic carbocycles. The van der Waals surface area contributed by atoms with E-state index in [1.54, 1.807) is 5.12 Å². The lowest BCUT2D eigenvalue weighted by molar-refractivity contribution is 0.278. The third kappa shape index (κ3) is 1.04. The lowest BCUT2D eigenvalue weighted by Crippen LogP contribution is -2.22. The van der Waals surface area contributed by atoms with E-state index in [0.29, 0.717) is 0 Å². The van der Waals surface area contributed by atoms with Crippen LogP contribution in [0.1, 0.15) is 6.92 Å². The molecule has 0 aromatic carbocycles. The van der Waals surface area contributed by atoms with E-state index < -0.39 is 0 Å². The Hall–Kier alpha value is -0.290. The fourth-order valence-electron chi connectivity index (χ4n) is 0.274. The maximum atomic E-state index is 3.66. The summed E-state index contributed by atoms with van der Waals surface area (Å²) in [6.07, 6.45) is 0. The van der Waals surface area contributed by atoms with Crippen LogP contribution in [0.25, 0.3) is 0 Å². The molecule has 0 spiro atoms. The van der Waals surface area contributed by atoms with Gasteiger partial charge in [0.15, 0.2) is 0 Å². The summed E-state index contributed by atoms with van der Waals surface area (Å²) in [5.74, 6) is 0. The molecule has 1 aliphatic rings. The van der Waals surface area contributed by atoms with Gasteiger partial charge in [0, 0.05) is 0 Å². The van der Waals surface area contributed by atoms with E-state index in [2.05, 4.69) is 14.6 Å². The van der Waals surface area contributed by atoms with Gasteiger partial charge < -0.3 is 0 Å². The average molecular weight is 118 g/mol. The third-order valence-electron chi connectivity index (χ3n) is 0.631. The fourth-order valence-corrected chi connectivity index (χ4v) is 0.695. The molecule has 1 N–H and O–H groups in total. The molecule has 0 amide bonds. The maximum absolute atomic E-state index is 3.66. The zero-order valence-corrected chi connectivity index (χ0v) is 4.77. The van der Waals surface area contributed by atoms with Crippen molar-refractivity contribution in [1.29, 1.82) is 0 Å². The van der Waals surface area contributed by atoms with Gasteiger partial charge in [0.25, 0.3) is 0 Å². The van der Waals surface area contributed by atoms with E-state index in [9.17, 15) is 0 Å². The lowest BCUT2D eigenvalue weighted by atomic mass is 10.8. The van der Waals surface area contributed by atoms with Crippen molar-refractivity contribution in [1.82, 2.24) is 9.95 Å². The van der Waals surface area contributed by atoms with Crippen LogP contribution in [0, 0.1) is 0 Å². The minimum Gasteiger partial charge on any atom is -0.199 e. The summed E-state index contributed by atoms with van der Waals surface area (Å²) in [4.78, 5) is 2.82. The maximum Gasteiger partial charge on any atom is 0.106 e. The van der Waals surface area contributed by atoms with Gasteiger partial charge in [-0.3, -0.25) is 0 Å². The number of hydrogen-bond donors (Lipinski definition) is 1. The van der Waals surface area contributed by atoms with Crippen LogP contribution in [0.2, 0.25) is 0 Å². The highest BCUT2D eigenvalue weighted by molar-refractivity contribution is 7.96. The molecule has 1 aliphatic heterocycles. The highest BCUT2D eigenvalue weighted by Crippen LogP contribution is 2.06. The number of rotatable bonds is 1. The Morgan fingerprint density at radius 1 is 1.86 bits per heavy atom. The first kappa shape index (κ1) is 4.86. The minimum absolute atomic E-state index is 0.858. The van der Waals surface area contributed by atoms with Crippen LogP contribution in [-0.4, -0.2) is 11.7 Å². The van der Waals surface area contributed by atoms with Crippen molar-refractivity contribution in [3.05, 3.63) is 0 Å². The van der Waals surface area contributed by atoms with E-state index in [0.717, 1.165) is 6.54 Å². The molecule has 0 atom stereocenters. The smallest absolute Gasteiger partial charge is 0.106 e. The van der Waals surface area contributed by atoms with Gasteiger partial charge in [-0.05, 0) is 12.1 Å². The van der Waals surface area contributed by atoms with Crippen molar-refractivity contribution in [2.75, 3.05) is 6.54 Å². The Bertz CT molecular complexity index is 81.8. The van der Waals surface area contributed by atoms with Gasteiger partial charge in [-0.25, -0.2) is 0 Å². The predicted octanol–water partition coefficient (Wildman–Crippen LogP) is 0.757. The van der Waals surface area contributed by atoms with Gasteiger partial charge in [0.1, 0.15) is 12.1 Å². The van der Waals surface area contributed by atoms with Crippen LogP contribution in [0.5, 0.6) is 0 Å². The van der Waals surface area contributed by atoms with Crippen LogP contribution in [0.3, 0.4) is 0 Å². The molecule has 0 fully saturated rings. The number of hydrogen-bond acceptors (Lipinski definition) is 5. The highest BCUT2D eigenvalue weighted by atomic mass is 32.2. The SMILES string of the molecule is CCN1N=NSN1. The van der Waals surface area contributed by atoms with Crippen molar-refractivity contribution < 1.29 is 0 Å². The summed E-state index contributed by atoms with van der Waals surface area (Å²) in [6.45, 7) is 2.86. The lowest BCUT2D eigenvalue weighted by Gasteiger charge is -2.03. The Morgan fingerprint density at radius 3 is 3.00 bits per heavy atom. The fraction of sp³-hybridized carbons (Fsp3) is 1.00. The largest absolute Gasteiger partial charge is 0.199 e. The van der Waals surface area contributed by atoms with Gasteiger partial charge >= 0.3 is 0 Å². The van der Waals surface area contributed by atoms with Gasteiger partial charge in [-0.15, -0.1) is 4.83 Å². The molecule has 40 valence electrons. The molecule has 7 heavy (non-hydrogen) atoms. The molecule has 0 saturated heterocycles. The second kappa shape index (κ2) is 2.13. The Morgan fingerprint density at radius 2 is 2.71 bits per heavy atom. The Kier molecular flexibility index (Phi) is 1.48. The van der Waals surface area contributed by atoms with Gasteiger partial charge in [0.05, 0.1) is 6.54 Å². The number of hydrazine groups is 1. The van der Waals surface area contributed by atoms with E-state index in [4.69, 9.17) is 0 Å². The molecular formula is C2H6N4S. The standard InChI is InChI=1S/C2H6N4S/c1-2-6-3-4-7-5-6/h5H,2H2,1H3. The quantitative estimate of drug-likeness (QED) is 0.516. The zero-order chi connectivity index (χ0) is 5.11. The second-order valence-electron chi connectivity index (χ2n) is 1.07.